The van der Waals surface area contributed by atoms with Crippen molar-refractivity contribution >= 4 is 17.3 Å². The maximum Gasteiger partial charge on any atom is 0.0992 e. The van der Waals surface area contributed by atoms with Gasteiger partial charge in [0.2, 0.25) is 0 Å². The van der Waals surface area contributed by atoms with Gasteiger partial charge in [0.1, 0.15) is 0 Å². The van der Waals surface area contributed by atoms with Crippen LogP contribution in [0.3, 0.4) is 0 Å². The average Bonchev–Trinajstić information content (AvgIpc) is 2.37. The van der Waals surface area contributed by atoms with Gasteiger partial charge in [-0.05, 0) is 44.6 Å². The highest BCUT2D eigenvalue weighted by atomic mass is 35.5. The third-order valence-corrected chi connectivity index (χ3v) is 3.91. The zero-order valence-electron chi connectivity index (χ0n) is 10.9. The monoisotopic (exact) mass is 263 g/mol. The van der Waals surface area contributed by atoms with Gasteiger partial charge in [-0.15, -0.1) is 0 Å². The highest BCUT2D eigenvalue weighted by molar-refractivity contribution is 6.33. The molecule has 1 aromatic rings. The Morgan fingerprint density at radius 1 is 1.50 bits per heavy atom. The fourth-order valence-electron chi connectivity index (χ4n) is 2.51. The van der Waals surface area contributed by atoms with Gasteiger partial charge in [-0.25, -0.2) is 0 Å². The van der Waals surface area contributed by atoms with Gasteiger partial charge in [0.25, 0.3) is 0 Å². The summed E-state index contributed by atoms with van der Waals surface area (Å²) in [7, 11) is 4.23. The first kappa shape index (κ1) is 13.2. The minimum atomic E-state index is 0.495. The first-order valence-electron chi connectivity index (χ1n) is 6.23. The molecule has 0 radical (unpaired) electrons. The van der Waals surface area contributed by atoms with Crippen LogP contribution in [0.1, 0.15) is 18.4 Å². The van der Waals surface area contributed by atoms with Crippen molar-refractivity contribution in [2.24, 2.45) is 0 Å². The van der Waals surface area contributed by atoms with Crippen LogP contribution in [0.4, 0.5) is 5.69 Å². The Morgan fingerprint density at radius 2 is 2.28 bits per heavy atom. The van der Waals surface area contributed by atoms with Crippen LogP contribution < -0.4 is 4.90 Å². The Bertz CT molecular complexity index is 467. The second kappa shape index (κ2) is 5.60. The summed E-state index contributed by atoms with van der Waals surface area (Å²) in [6.45, 7) is 2.23. The van der Waals surface area contributed by atoms with E-state index in [0.717, 1.165) is 12.2 Å². The first-order valence-corrected chi connectivity index (χ1v) is 6.60. The number of anilines is 1. The first-order chi connectivity index (χ1) is 8.61. The molecule has 0 amide bonds. The molecule has 1 aliphatic heterocycles. The number of hydrogen-bond acceptors (Lipinski definition) is 3. The van der Waals surface area contributed by atoms with E-state index in [1.165, 1.54) is 19.4 Å². The number of likely N-dealkylation sites (N-methyl/N-ethyl adjacent to an activating group) is 2. The molecule has 1 unspecified atom stereocenters. The standard InChI is InChI=1S/C14H18ClN3/c1-17-7-3-4-12(10-17)18(2)14-6-5-11(9-16)8-13(14)15/h5-6,8,12H,3-4,7,10H2,1-2H3. The third-order valence-electron chi connectivity index (χ3n) is 3.60. The predicted octanol–water partition coefficient (Wildman–Crippen LogP) is 2.74. The van der Waals surface area contributed by atoms with Crippen LogP contribution in [0.15, 0.2) is 18.2 Å². The van der Waals surface area contributed by atoms with Crippen molar-refractivity contribution in [1.29, 1.82) is 5.26 Å². The van der Waals surface area contributed by atoms with Crippen LogP contribution in [0.25, 0.3) is 0 Å². The van der Waals surface area contributed by atoms with Crippen molar-refractivity contribution < 1.29 is 0 Å². The van der Waals surface area contributed by atoms with Crippen LogP contribution in [0, 0.1) is 11.3 Å². The molecule has 1 aliphatic rings. The van der Waals surface area contributed by atoms with E-state index in [1.54, 1.807) is 6.07 Å². The van der Waals surface area contributed by atoms with E-state index in [2.05, 4.69) is 30.0 Å². The number of halogens is 1. The van der Waals surface area contributed by atoms with Crippen molar-refractivity contribution in [2.75, 3.05) is 32.1 Å². The van der Waals surface area contributed by atoms with Gasteiger partial charge >= 0.3 is 0 Å². The van der Waals surface area contributed by atoms with E-state index in [-0.39, 0.29) is 0 Å². The Morgan fingerprint density at radius 3 is 2.89 bits per heavy atom. The number of likely N-dealkylation sites (tertiary alicyclic amines) is 1. The molecular formula is C14H18ClN3. The molecule has 0 bridgehead atoms. The van der Waals surface area contributed by atoms with E-state index < -0.39 is 0 Å². The van der Waals surface area contributed by atoms with Gasteiger partial charge in [-0.1, -0.05) is 11.6 Å². The maximum atomic E-state index is 8.85. The number of benzene rings is 1. The van der Waals surface area contributed by atoms with Crippen LogP contribution in [0.5, 0.6) is 0 Å². The van der Waals surface area contributed by atoms with Crippen molar-refractivity contribution in [3.8, 4) is 6.07 Å². The molecule has 18 heavy (non-hydrogen) atoms. The minimum Gasteiger partial charge on any atom is -0.369 e. The predicted molar refractivity (Wildman–Crippen MR) is 75.1 cm³/mol. The second-order valence-electron chi connectivity index (χ2n) is 4.95. The molecule has 0 spiro atoms. The maximum absolute atomic E-state index is 8.85. The molecule has 1 fully saturated rings. The number of nitrogens with zero attached hydrogens (tertiary/aromatic N) is 3. The molecule has 0 aliphatic carbocycles. The lowest BCUT2D eigenvalue weighted by molar-refractivity contribution is 0.248. The normalized spacial score (nSPS) is 20.4. The third kappa shape index (κ3) is 2.77. The highest BCUT2D eigenvalue weighted by Gasteiger charge is 2.22. The summed E-state index contributed by atoms with van der Waals surface area (Å²) in [4.78, 5) is 4.58. The summed E-state index contributed by atoms with van der Waals surface area (Å²) in [6, 6.07) is 8.10. The van der Waals surface area contributed by atoms with Crippen molar-refractivity contribution in [3.63, 3.8) is 0 Å². The number of nitriles is 1. The van der Waals surface area contributed by atoms with E-state index in [1.807, 2.05) is 12.1 Å². The highest BCUT2D eigenvalue weighted by Crippen LogP contribution is 2.29. The fourth-order valence-corrected chi connectivity index (χ4v) is 2.83. The topological polar surface area (TPSA) is 30.3 Å². The van der Waals surface area contributed by atoms with Crippen molar-refractivity contribution in [2.45, 2.75) is 18.9 Å². The summed E-state index contributed by atoms with van der Waals surface area (Å²) in [6.07, 6.45) is 2.41. The molecule has 0 saturated carbocycles. The van der Waals surface area contributed by atoms with Crippen molar-refractivity contribution in [3.05, 3.63) is 28.8 Å². The lowest BCUT2D eigenvalue weighted by Gasteiger charge is -2.37. The molecular weight excluding hydrogens is 246 g/mol. The quantitative estimate of drug-likeness (QED) is 0.822. The van der Waals surface area contributed by atoms with E-state index >= 15 is 0 Å². The van der Waals surface area contributed by atoms with Gasteiger partial charge < -0.3 is 9.80 Å². The van der Waals surface area contributed by atoms with Crippen molar-refractivity contribution in [1.82, 2.24) is 4.90 Å². The average molecular weight is 264 g/mol. The Hall–Kier alpha value is -1.24. The van der Waals surface area contributed by atoms with Crippen LogP contribution in [-0.4, -0.2) is 38.1 Å². The van der Waals surface area contributed by atoms with E-state index in [4.69, 9.17) is 16.9 Å². The molecule has 1 aromatic carbocycles. The lowest BCUT2D eigenvalue weighted by Crippen LogP contribution is -2.45. The van der Waals surface area contributed by atoms with Gasteiger partial charge in [-0.2, -0.15) is 5.26 Å². The summed E-state index contributed by atoms with van der Waals surface area (Å²) < 4.78 is 0. The van der Waals surface area contributed by atoms with Gasteiger partial charge in [0, 0.05) is 19.6 Å². The number of piperidine rings is 1. The van der Waals surface area contributed by atoms with Crippen LogP contribution >= 0.6 is 11.6 Å². The number of hydrogen-bond donors (Lipinski definition) is 0. The SMILES string of the molecule is CN1CCCC(N(C)c2ccc(C#N)cc2Cl)C1. The fraction of sp³-hybridized carbons (Fsp3) is 0.500. The van der Waals surface area contributed by atoms with Gasteiger partial charge in [0.05, 0.1) is 22.3 Å². The molecule has 1 saturated heterocycles. The largest absolute Gasteiger partial charge is 0.369 e. The molecule has 96 valence electrons. The molecule has 0 N–H and O–H groups in total. The molecule has 0 aromatic heterocycles. The summed E-state index contributed by atoms with van der Waals surface area (Å²) >= 11 is 6.25. The van der Waals surface area contributed by atoms with Crippen LogP contribution in [-0.2, 0) is 0 Å². The Balaban J connectivity index is 2.18. The minimum absolute atomic E-state index is 0.495. The van der Waals surface area contributed by atoms with Gasteiger partial charge in [0.15, 0.2) is 0 Å². The van der Waals surface area contributed by atoms with E-state index in [0.29, 0.717) is 16.6 Å². The summed E-state index contributed by atoms with van der Waals surface area (Å²) in [5.41, 5.74) is 1.62. The van der Waals surface area contributed by atoms with E-state index in [9.17, 15) is 0 Å². The molecule has 1 heterocycles. The molecule has 4 heteroatoms. The zero-order chi connectivity index (χ0) is 13.1. The Kier molecular flexibility index (Phi) is 4.11. The zero-order valence-corrected chi connectivity index (χ0v) is 11.6. The summed E-state index contributed by atoms with van der Waals surface area (Å²) in [5, 5.41) is 9.50. The second-order valence-corrected chi connectivity index (χ2v) is 5.35. The molecule has 2 rings (SSSR count). The number of rotatable bonds is 2. The smallest absolute Gasteiger partial charge is 0.0992 e. The lowest BCUT2D eigenvalue weighted by atomic mass is 10.0. The molecule has 1 atom stereocenters. The molecule has 3 nitrogen and oxygen atoms in total. The van der Waals surface area contributed by atoms with Gasteiger partial charge in [-0.3, -0.25) is 0 Å². The Labute approximate surface area is 114 Å². The van der Waals surface area contributed by atoms with Crippen LogP contribution in [0.2, 0.25) is 5.02 Å². The summed E-state index contributed by atoms with van der Waals surface area (Å²) in [5.74, 6) is 0.